The van der Waals surface area contributed by atoms with Gasteiger partial charge in [-0.1, -0.05) is 45.0 Å². The summed E-state index contributed by atoms with van der Waals surface area (Å²) in [6.45, 7) is 7.32. The predicted molar refractivity (Wildman–Crippen MR) is 98.4 cm³/mol. The van der Waals surface area contributed by atoms with Crippen molar-refractivity contribution in [2.45, 2.75) is 82.5 Å². The van der Waals surface area contributed by atoms with E-state index in [0.29, 0.717) is 12.8 Å². The largest absolute Gasteiger partial charge is 0.388 e. The number of nitrogens with one attached hydrogen (secondary N) is 1. The van der Waals surface area contributed by atoms with Gasteiger partial charge in [0.1, 0.15) is 0 Å². The number of hydrogen-bond acceptors (Lipinski definition) is 3. The van der Waals surface area contributed by atoms with Crippen LogP contribution in [-0.2, 0) is 14.9 Å². The number of rotatable bonds is 6. The minimum absolute atomic E-state index is 0.0263. The van der Waals surface area contributed by atoms with Crippen molar-refractivity contribution >= 4 is 5.91 Å². The maximum absolute atomic E-state index is 12.3. The summed E-state index contributed by atoms with van der Waals surface area (Å²) in [6, 6.07) is 8.07. The lowest BCUT2D eigenvalue weighted by atomic mass is 9.86. The predicted octanol–water partition coefficient (Wildman–Crippen LogP) is 3.63. The second-order valence-electron chi connectivity index (χ2n) is 8.63. The van der Waals surface area contributed by atoms with Gasteiger partial charge in [-0.2, -0.15) is 0 Å². The summed E-state index contributed by atoms with van der Waals surface area (Å²) in [5.74, 6) is 0.0263. The smallest absolute Gasteiger partial charge is 0.220 e. The van der Waals surface area contributed by atoms with Crippen LogP contribution in [0, 0.1) is 0 Å². The molecule has 1 aromatic rings. The fourth-order valence-electron chi connectivity index (χ4n) is 3.66. The Bertz CT molecular complexity index is 593. The fourth-order valence-corrected chi connectivity index (χ4v) is 3.66. The lowest BCUT2D eigenvalue weighted by molar-refractivity contribution is -0.123. The van der Waals surface area contributed by atoms with Crippen LogP contribution in [0.1, 0.15) is 76.5 Å². The van der Waals surface area contributed by atoms with Crippen molar-refractivity contribution in [1.29, 1.82) is 0 Å². The average molecular weight is 345 g/mol. The zero-order chi connectivity index (χ0) is 18.1. The van der Waals surface area contributed by atoms with Gasteiger partial charge in [0.05, 0.1) is 17.7 Å². The minimum Gasteiger partial charge on any atom is -0.388 e. The zero-order valence-corrected chi connectivity index (χ0v) is 15.7. The van der Waals surface area contributed by atoms with E-state index in [1.165, 1.54) is 5.56 Å². The highest BCUT2D eigenvalue weighted by atomic mass is 16.5. The minimum atomic E-state index is -0.599. The van der Waals surface area contributed by atoms with Gasteiger partial charge in [-0.15, -0.1) is 0 Å². The van der Waals surface area contributed by atoms with E-state index in [1.807, 2.05) is 12.1 Å². The van der Waals surface area contributed by atoms with Crippen molar-refractivity contribution in [1.82, 2.24) is 5.32 Å². The van der Waals surface area contributed by atoms with Crippen molar-refractivity contribution in [2.75, 3.05) is 6.61 Å². The zero-order valence-electron chi connectivity index (χ0n) is 15.7. The van der Waals surface area contributed by atoms with Crippen LogP contribution in [0.3, 0.4) is 0 Å². The van der Waals surface area contributed by atoms with E-state index in [4.69, 9.17) is 4.74 Å². The van der Waals surface area contributed by atoms with Crippen LogP contribution >= 0.6 is 0 Å². The Kier molecular flexibility index (Phi) is 5.21. The molecular formula is C21H31NO3. The number of hydrogen-bond donors (Lipinski definition) is 2. The maximum atomic E-state index is 12.3. The van der Waals surface area contributed by atoms with E-state index in [9.17, 15) is 9.90 Å². The first-order valence-corrected chi connectivity index (χ1v) is 9.51. The first-order valence-electron chi connectivity index (χ1n) is 9.51. The third kappa shape index (κ3) is 4.42. The molecule has 1 aliphatic carbocycles. The summed E-state index contributed by atoms with van der Waals surface area (Å²) in [5, 5.41) is 13.6. The number of carbonyl (C=O) groups excluding carboxylic acids is 1. The highest BCUT2D eigenvalue weighted by molar-refractivity contribution is 5.77. The van der Waals surface area contributed by atoms with Crippen molar-refractivity contribution in [3.8, 4) is 0 Å². The van der Waals surface area contributed by atoms with Gasteiger partial charge in [0.15, 0.2) is 0 Å². The summed E-state index contributed by atoms with van der Waals surface area (Å²) in [7, 11) is 0. The quantitative estimate of drug-likeness (QED) is 0.828. The van der Waals surface area contributed by atoms with Crippen molar-refractivity contribution < 1.29 is 14.6 Å². The molecule has 3 rings (SSSR count). The normalized spacial score (nSPS) is 23.3. The molecule has 0 aromatic heterocycles. The molecule has 1 aromatic carbocycles. The number of carbonyl (C=O) groups is 1. The summed E-state index contributed by atoms with van der Waals surface area (Å²) < 4.78 is 5.75. The van der Waals surface area contributed by atoms with Crippen LogP contribution in [0.4, 0.5) is 0 Å². The van der Waals surface area contributed by atoms with E-state index in [1.54, 1.807) is 0 Å². The van der Waals surface area contributed by atoms with Crippen molar-refractivity contribution in [2.24, 2.45) is 0 Å². The van der Waals surface area contributed by atoms with Crippen LogP contribution in [0.15, 0.2) is 24.3 Å². The lowest BCUT2D eigenvalue weighted by Gasteiger charge is -2.24. The molecule has 2 N–H and O–H groups in total. The number of benzene rings is 1. The average Bonchev–Trinajstić information content (AvgIpc) is 3.12. The second kappa shape index (κ2) is 7.08. The summed E-state index contributed by atoms with van der Waals surface area (Å²) in [5.41, 5.74) is 2.10. The lowest BCUT2D eigenvalue weighted by Crippen LogP contribution is -2.45. The van der Waals surface area contributed by atoms with Crippen molar-refractivity contribution in [3.63, 3.8) is 0 Å². The molecule has 2 atom stereocenters. The molecular weight excluding hydrogens is 314 g/mol. The van der Waals surface area contributed by atoms with Gasteiger partial charge in [0, 0.05) is 13.0 Å². The Labute approximate surface area is 151 Å². The van der Waals surface area contributed by atoms with Crippen LogP contribution in [0.25, 0.3) is 0 Å². The molecule has 138 valence electrons. The summed E-state index contributed by atoms with van der Waals surface area (Å²) in [6.07, 6.45) is 4.54. The number of aliphatic hydroxyl groups is 1. The Hall–Kier alpha value is -1.39. The van der Waals surface area contributed by atoms with Gasteiger partial charge in [-0.3, -0.25) is 4.79 Å². The monoisotopic (exact) mass is 345 g/mol. The number of amides is 1. The Morgan fingerprint density at radius 3 is 2.52 bits per heavy atom. The van der Waals surface area contributed by atoms with Gasteiger partial charge < -0.3 is 15.2 Å². The van der Waals surface area contributed by atoms with E-state index >= 15 is 0 Å². The molecule has 0 spiro atoms. The molecule has 0 radical (unpaired) electrons. The van der Waals surface area contributed by atoms with Crippen molar-refractivity contribution in [3.05, 3.63) is 35.4 Å². The molecule has 1 heterocycles. The first-order chi connectivity index (χ1) is 11.8. The second-order valence-corrected chi connectivity index (χ2v) is 8.63. The third-order valence-corrected chi connectivity index (χ3v) is 5.53. The topological polar surface area (TPSA) is 58.6 Å². The maximum Gasteiger partial charge on any atom is 0.220 e. The van der Waals surface area contributed by atoms with Crippen LogP contribution < -0.4 is 5.32 Å². The number of ether oxygens (including phenoxy) is 1. The van der Waals surface area contributed by atoms with Crippen LogP contribution in [0.2, 0.25) is 0 Å². The van der Waals surface area contributed by atoms with Crippen LogP contribution in [0.5, 0.6) is 0 Å². The molecule has 1 saturated carbocycles. The van der Waals surface area contributed by atoms with Gasteiger partial charge in [-0.25, -0.2) is 0 Å². The van der Waals surface area contributed by atoms with Gasteiger partial charge in [0.2, 0.25) is 5.91 Å². The molecule has 1 amide bonds. The van der Waals surface area contributed by atoms with Crippen LogP contribution in [-0.4, -0.2) is 29.3 Å². The molecule has 1 saturated heterocycles. The molecule has 0 bridgehead atoms. The molecule has 4 heteroatoms. The van der Waals surface area contributed by atoms with Gasteiger partial charge >= 0.3 is 0 Å². The first kappa shape index (κ1) is 18.4. The third-order valence-electron chi connectivity index (χ3n) is 5.53. The van der Waals surface area contributed by atoms with E-state index in [2.05, 4.69) is 38.2 Å². The summed E-state index contributed by atoms with van der Waals surface area (Å²) >= 11 is 0. The highest BCUT2D eigenvalue weighted by Crippen LogP contribution is 2.43. The van der Waals surface area contributed by atoms with E-state index < -0.39 is 6.10 Å². The molecule has 2 aliphatic rings. The molecule has 4 nitrogen and oxygen atoms in total. The van der Waals surface area contributed by atoms with Gasteiger partial charge in [-0.05, 0) is 48.6 Å². The molecule has 2 unspecified atom stereocenters. The Balaban J connectivity index is 1.48. The highest BCUT2D eigenvalue weighted by Gasteiger charge is 2.52. The van der Waals surface area contributed by atoms with E-state index in [0.717, 1.165) is 37.9 Å². The fraction of sp³-hybridized carbons (Fsp3) is 0.667. The van der Waals surface area contributed by atoms with E-state index in [-0.39, 0.29) is 23.0 Å². The molecule has 25 heavy (non-hydrogen) atoms. The molecule has 1 aliphatic heterocycles. The SMILES string of the molecule is CC(C)(C)c1ccc(C(O)CCC(=O)NC2(C3CCCO3)CC2)cc1. The number of aliphatic hydroxyl groups excluding tert-OH is 1. The van der Waals surface area contributed by atoms with Gasteiger partial charge in [0.25, 0.3) is 0 Å². The standard InChI is InChI=1S/C21H31NO3/c1-20(2,3)16-8-6-15(7-9-16)17(23)10-11-19(24)22-21(12-13-21)18-5-4-14-25-18/h6-9,17-18,23H,4-5,10-14H2,1-3H3,(H,22,24). The molecule has 2 fully saturated rings. The summed E-state index contributed by atoms with van der Waals surface area (Å²) in [4.78, 5) is 12.3. The Morgan fingerprint density at radius 1 is 1.32 bits per heavy atom. The Morgan fingerprint density at radius 2 is 2.00 bits per heavy atom.